The molecular weight excluding hydrogens is 196 g/mol. The van der Waals surface area contributed by atoms with Crippen LogP contribution in [0.3, 0.4) is 0 Å². The van der Waals surface area contributed by atoms with E-state index in [1.807, 2.05) is 12.4 Å². The highest BCUT2D eigenvalue weighted by Gasteiger charge is 2.21. The van der Waals surface area contributed by atoms with Crippen molar-refractivity contribution in [3.63, 3.8) is 0 Å². The molecule has 0 bridgehead atoms. The Labute approximate surface area is 98.5 Å². The third-order valence-corrected chi connectivity index (χ3v) is 3.57. The summed E-state index contributed by atoms with van der Waals surface area (Å²) in [7, 11) is 0. The van der Waals surface area contributed by atoms with Crippen molar-refractivity contribution in [2.45, 2.75) is 45.1 Å². The molecule has 1 aromatic rings. The van der Waals surface area contributed by atoms with Crippen LogP contribution in [-0.2, 0) is 6.42 Å². The molecule has 1 aliphatic carbocycles. The van der Waals surface area contributed by atoms with E-state index in [4.69, 9.17) is 0 Å². The topological polar surface area (TPSA) is 24.9 Å². The van der Waals surface area contributed by atoms with Crippen LogP contribution in [0.4, 0.5) is 0 Å². The summed E-state index contributed by atoms with van der Waals surface area (Å²) in [5, 5.41) is 3.61. The Kier molecular flexibility index (Phi) is 4.34. The average molecular weight is 218 g/mol. The van der Waals surface area contributed by atoms with Gasteiger partial charge in [0.1, 0.15) is 0 Å². The molecule has 0 saturated heterocycles. The largest absolute Gasteiger partial charge is 0.314 e. The smallest absolute Gasteiger partial charge is 0.0270 e. The van der Waals surface area contributed by atoms with Crippen LogP contribution in [0.1, 0.15) is 38.2 Å². The minimum atomic E-state index is 0.651. The molecule has 1 atom stereocenters. The Morgan fingerprint density at radius 3 is 2.69 bits per heavy atom. The van der Waals surface area contributed by atoms with Crippen molar-refractivity contribution in [3.8, 4) is 0 Å². The Morgan fingerprint density at radius 2 is 2.12 bits per heavy atom. The van der Waals surface area contributed by atoms with E-state index in [0.717, 1.165) is 18.9 Å². The van der Waals surface area contributed by atoms with Gasteiger partial charge >= 0.3 is 0 Å². The molecule has 2 nitrogen and oxygen atoms in total. The third kappa shape index (κ3) is 3.31. The first-order chi connectivity index (χ1) is 7.88. The fraction of sp³-hybridized carbons (Fsp3) is 0.643. The molecule has 1 aromatic heterocycles. The Morgan fingerprint density at radius 1 is 1.38 bits per heavy atom. The maximum Gasteiger partial charge on any atom is 0.0270 e. The lowest BCUT2D eigenvalue weighted by Crippen LogP contribution is -2.34. The lowest BCUT2D eigenvalue weighted by atomic mass is 9.80. The van der Waals surface area contributed by atoms with Gasteiger partial charge in [0.15, 0.2) is 0 Å². The molecule has 1 unspecified atom stereocenters. The minimum Gasteiger partial charge on any atom is -0.314 e. The van der Waals surface area contributed by atoms with E-state index in [1.54, 1.807) is 0 Å². The van der Waals surface area contributed by atoms with Gasteiger partial charge in [-0.3, -0.25) is 4.98 Å². The normalized spacial score (nSPS) is 18.1. The van der Waals surface area contributed by atoms with Crippen LogP contribution < -0.4 is 5.32 Å². The second-order valence-electron chi connectivity index (χ2n) is 4.85. The van der Waals surface area contributed by atoms with Crippen LogP contribution in [0.25, 0.3) is 0 Å². The number of rotatable bonds is 6. The highest BCUT2D eigenvalue weighted by Crippen LogP contribution is 2.31. The van der Waals surface area contributed by atoms with Gasteiger partial charge in [0.05, 0.1) is 0 Å². The average Bonchev–Trinajstić information content (AvgIpc) is 2.25. The number of hydrogen-bond acceptors (Lipinski definition) is 2. The maximum absolute atomic E-state index is 4.07. The second kappa shape index (κ2) is 6.00. The van der Waals surface area contributed by atoms with E-state index in [-0.39, 0.29) is 0 Å². The van der Waals surface area contributed by atoms with Gasteiger partial charge < -0.3 is 5.32 Å². The van der Waals surface area contributed by atoms with Crippen molar-refractivity contribution >= 4 is 0 Å². The van der Waals surface area contributed by atoms with Crippen LogP contribution in [0, 0.1) is 5.92 Å². The molecule has 0 amide bonds. The van der Waals surface area contributed by atoms with E-state index in [1.165, 1.54) is 31.2 Å². The summed E-state index contributed by atoms with van der Waals surface area (Å²) in [6.07, 6.45) is 10.6. The molecule has 2 rings (SSSR count). The Balaban J connectivity index is 1.86. The summed E-state index contributed by atoms with van der Waals surface area (Å²) in [4.78, 5) is 4.07. The van der Waals surface area contributed by atoms with Crippen molar-refractivity contribution in [1.82, 2.24) is 10.3 Å². The highest BCUT2D eigenvalue weighted by molar-refractivity contribution is 5.11. The number of hydrogen-bond donors (Lipinski definition) is 1. The molecule has 0 aromatic carbocycles. The van der Waals surface area contributed by atoms with Crippen molar-refractivity contribution in [3.05, 3.63) is 30.1 Å². The maximum atomic E-state index is 4.07. The number of likely N-dealkylation sites (N-methyl/N-ethyl adjacent to an activating group) is 1. The van der Waals surface area contributed by atoms with Gasteiger partial charge in [-0.15, -0.1) is 0 Å². The van der Waals surface area contributed by atoms with Gasteiger partial charge in [-0.25, -0.2) is 0 Å². The van der Waals surface area contributed by atoms with Crippen molar-refractivity contribution in [1.29, 1.82) is 0 Å². The number of nitrogens with zero attached hydrogens (tertiary/aromatic N) is 1. The summed E-state index contributed by atoms with van der Waals surface area (Å²) < 4.78 is 0. The van der Waals surface area contributed by atoms with Gasteiger partial charge in [0.2, 0.25) is 0 Å². The van der Waals surface area contributed by atoms with Crippen LogP contribution in [0.5, 0.6) is 0 Å². The number of aromatic nitrogens is 1. The summed E-state index contributed by atoms with van der Waals surface area (Å²) in [5.41, 5.74) is 1.40. The fourth-order valence-electron chi connectivity index (χ4n) is 2.46. The van der Waals surface area contributed by atoms with E-state index >= 15 is 0 Å². The van der Waals surface area contributed by atoms with Crippen LogP contribution >= 0.6 is 0 Å². The molecule has 1 saturated carbocycles. The molecule has 1 heterocycles. The quantitative estimate of drug-likeness (QED) is 0.794. The first-order valence-corrected chi connectivity index (χ1v) is 6.50. The van der Waals surface area contributed by atoms with Gasteiger partial charge in [0, 0.05) is 18.4 Å². The molecule has 88 valence electrons. The zero-order valence-corrected chi connectivity index (χ0v) is 10.2. The number of nitrogens with one attached hydrogen (secondary N) is 1. The first kappa shape index (κ1) is 11.6. The fourth-order valence-corrected chi connectivity index (χ4v) is 2.46. The molecule has 0 spiro atoms. The predicted octanol–water partition coefficient (Wildman–Crippen LogP) is 2.79. The van der Waals surface area contributed by atoms with Gasteiger partial charge in [-0.1, -0.05) is 26.2 Å². The van der Waals surface area contributed by atoms with Crippen molar-refractivity contribution in [2.75, 3.05) is 6.54 Å². The molecular formula is C14H22N2. The molecule has 1 aliphatic rings. The van der Waals surface area contributed by atoms with E-state index in [9.17, 15) is 0 Å². The first-order valence-electron chi connectivity index (χ1n) is 6.50. The summed E-state index contributed by atoms with van der Waals surface area (Å²) >= 11 is 0. The van der Waals surface area contributed by atoms with E-state index < -0.39 is 0 Å². The van der Waals surface area contributed by atoms with Crippen LogP contribution in [0.2, 0.25) is 0 Å². The van der Waals surface area contributed by atoms with Gasteiger partial charge in [-0.2, -0.15) is 0 Å². The lowest BCUT2D eigenvalue weighted by molar-refractivity contribution is 0.260. The van der Waals surface area contributed by atoms with Crippen molar-refractivity contribution in [2.24, 2.45) is 5.92 Å². The molecule has 16 heavy (non-hydrogen) atoms. The number of pyridine rings is 1. The molecule has 1 fully saturated rings. The second-order valence-corrected chi connectivity index (χ2v) is 4.85. The minimum absolute atomic E-state index is 0.651. The Hall–Kier alpha value is -0.890. The summed E-state index contributed by atoms with van der Waals surface area (Å²) in [6, 6.07) is 4.91. The molecule has 2 heteroatoms. The molecule has 1 N–H and O–H groups in total. The van der Waals surface area contributed by atoms with Gasteiger partial charge in [-0.05, 0) is 43.0 Å². The zero-order valence-electron chi connectivity index (χ0n) is 10.2. The van der Waals surface area contributed by atoms with Crippen molar-refractivity contribution < 1.29 is 0 Å². The monoisotopic (exact) mass is 218 g/mol. The van der Waals surface area contributed by atoms with Crippen LogP contribution in [0.15, 0.2) is 24.5 Å². The molecule has 0 aliphatic heterocycles. The third-order valence-electron chi connectivity index (χ3n) is 3.57. The predicted molar refractivity (Wildman–Crippen MR) is 67.4 cm³/mol. The SMILES string of the molecule is CCNC(Cc1ccncc1)CC1CCC1. The summed E-state index contributed by atoms with van der Waals surface area (Å²) in [6.45, 7) is 3.27. The lowest BCUT2D eigenvalue weighted by Gasteiger charge is -2.30. The van der Waals surface area contributed by atoms with Crippen LogP contribution in [-0.4, -0.2) is 17.6 Å². The standard InChI is InChI=1S/C14H22N2/c1-2-16-14(10-12-4-3-5-12)11-13-6-8-15-9-7-13/h6-9,12,14,16H,2-5,10-11H2,1H3. The molecule has 0 radical (unpaired) electrons. The van der Waals surface area contributed by atoms with Gasteiger partial charge in [0.25, 0.3) is 0 Å². The Bertz CT molecular complexity index is 293. The highest BCUT2D eigenvalue weighted by atomic mass is 14.9. The zero-order chi connectivity index (χ0) is 11.2. The summed E-state index contributed by atoms with van der Waals surface area (Å²) in [5.74, 6) is 0.978. The van der Waals surface area contributed by atoms with E-state index in [2.05, 4.69) is 29.4 Å². The van der Waals surface area contributed by atoms with E-state index in [0.29, 0.717) is 6.04 Å².